The Morgan fingerprint density at radius 1 is 0.791 bits per heavy atom. The lowest BCUT2D eigenvalue weighted by Crippen LogP contribution is -2.21. The van der Waals surface area contributed by atoms with Crippen LogP contribution in [-0.4, -0.2) is 69.8 Å². The highest BCUT2D eigenvalue weighted by atomic mass is 16.6. The van der Waals surface area contributed by atoms with Crippen LogP contribution in [-0.2, 0) is 0 Å². The van der Waals surface area contributed by atoms with Gasteiger partial charge in [-0.15, -0.1) is 0 Å². The lowest BCUT2D eigenvalue weighted by Gasteiger charge is -2.11. The molecule has 3 rings (SSSR count). The van der Waals surface area contributed by atoms with Crippen molar-refractivity contribution in [1.82, 2.24) is 0 Å². The Morgan fingerprint density at radius 2 is 1.28 bits per heavy atom. The molecule has 43 heavy (non-hydrogen) atoms. The maximum Gasteiger partial charge on any atom is 0.294 e. The van der Waals surface area contributed by atoms with Crippen molar-refractivity contribution < 1.29 is 39.6 Å². The van der Waals surface area contributed by atoms with E-state index in [9.17, 15) is 30.3 Å². The maximum atomic E-state index is 10.7. The van der Waals surface area contributed by atoms with Crippen molar-refractivity contribution >= 4 is 39.8 Å². The van der Waals surface area contributed by atoms with Crippen LogP contribution in [0.2, 0.25) is 0 Å². The van der Waals surface area contributed by atoms with Crippen molar-refractivity contribution in [2.75, 3.05) is 49.4 Å². The normalized spacial score (nSPS) is 11.3. The molecule has 9 N–H and O–H groups in total. The van der Waals surface area contributed by atoms with E-state index in [4.69, 9.17) is 36.3 Å². The molecule has 0 aliphatic heterocycles. The Morgan fingerprint density at radius 3 is 1.70 bits per heavy atom. The third-order valence-corrected chi connectivity index (χ3v) is 5.08. The highest BCUT2D eigenvalue weighted by molar-refractivity contribution is 5.65. The van der Waals surface area contributed by atoms with Gasteiger partial charge < -0.3 is 46.9 Å². The second-order valence-electron chi connectivity index (χ2n) is 8.31. The highest BCUT2D eigenvalue weighted by Crippen LogP contribution is 2.29. The smallest absolute Gasteiger partial charge is 0.294 e. The number of nitro groups is 3. The van der Waals surface area contributed by atoms with Crippen LogP contribution in [0.15, 0.2) is 54.6 Å². The Balaban J connectivity index is 0.000000330. The van der Waals surface area contributed by atoms with Crippen LogP contribution < -0.4 is 31.6 Å². The van der Waals surface area contributed by atoms with Crippen LogP contribution in [0.25, 0.3) is 0 Å². The molecule has 0 aliphatic carbocycles. The molecule has 0 spiro atoms. The van der Waals surface area contributed by atoms with Crippen LogP contribution in [0.1, 0.15) is 6.92 Å². The Bertz CT molecular complexity index is 1390. The molecule has 0 saturated carbocycles. The average molecular weight is 608 g/mol. The molecule has 0 heterocycles. The fraction of sp³-hybridized carbons (Fsp3) is 0.280. The van der Waals surface area contributed by atoms with Gasteiger partial charge in [-0.1, -0.05) is 0 Å². The summed E-state index contributed by atoms with van der Waals surface area (Å²) in [4.78, 5) is 29.9. The van der Waals surface area contributed by atoms with Gasteiger partial charge >= 0.3 is 0 Å². The molecule has 0 saturated heterocycles. The van der Waals surface area contributed by atoms with Crippen molar-refractivity contribution in [3.63, 3.8) is 0 Å². The molecule has 0 bridgehead atoms. The second-order valence-corrected chi connectivity index (χ2v) is 8.31. The van der Waals surface area contributed by atoms with Gasteiger partial charge in [0.15, 0.2) is 6.29 Å². The van der Waals surface area contributed by atoms with Crippen molar-refractivity contribution in [3.05, 3.63) is 84.9 Å². The number of nitrogen functional groups attached to an aromatic ring is 2. The number of nitrogens with two attached hydrogens (primary N) is 2. The largest absolute Gasteiger partial charge is 0.491 e. The summed E-state index contributed by atoms with van der Waals surface area (Å²) < 4.78 is 10.1. The number of nitrogens with one attached hydrogen (secondary N) is 2. The minimum atomic E-state index is -0.969. The molecule has 2 unspecified atom stereocenters. The Kier molecular flexibility index (Phi) is 14.4. The summed E-state index contributed by atoms with van der Waals surface area (Å²) in [6.45, 7) is 0.990. The van der Waals surface area contributed by atoms with E-state index >= 15 is 0 Å². The molecular weight excluding hydrogens is 574 g/mol. The zero-order valence-electron chi connectivity index (χ0n) is 23.4. The molecule has 3 aromatic rings. The minimum absolute atomic E-state index is 0.0320. The van der Waals surface area contributed by atoms with Gasteiger partial charge in [-0.3, -0.25) is 30.3 Å². The zero-order chi connectivity index (χ0) is 32.7. The summed E-state index contributed by atoms with van der Waals surface area (Å²) in [6.07, 6.45) is -1.92. The average Bonchev–Trinajstić information content (AvgIpc) is 2.96. The van der Waals surface area contributed by atoms with Crippen LogP contribution >= 0.6 is 0 Å². The van der Waals surface area contributed by atoms with E-state index in [0.717, 1.165) is 0 Å². The molecule has 3 aromatic carbocycles. The van der Waals surface area contributed by atoms with Crippen molar-refractivity contribution in [1.29, 1.82) is 0 Å². The molecule has 0 fully saturated rings. The van der Waals surface area contributed by atoms with Gasteiger partial charge in [0.1, 0.15) is 41.3 Å². The molecular formula is C25H33N7O11. The van der Waals surface area contributed by atoms with E-state index in [1.54, 1.807) is 14.1 Å². The first-order valence-electron chi connectivity index (χ1n) is 12.2. The number of hydrogen-bond acceptors (Lipinski definition) is 15. The fourth-order valence-corrected chi connectivity index (χ4v) is 3.07. The predicted molar refractivity (Wildman–Crippen MR) is 158 cm³/mol. The first kappa shape index (κ1) is 35.6. The molecule has 0 aromatic heterocycles. The maximum absolute atomic E-state index is 10.7. The number of benzene rings is 3. The predicted octanol–water partition coefficient (Wildman–Crippen LogP) is 2.48. The van der Waals surface area contributed by atoms with Gasteiger partial charge in [0.05, 0.1) is 21.4 Å². The van der Waals surface area contributed by atoms with Gasteiger partial charge in [0.25, 0.3) is 17.1 Å². The van der Waals surface area contributed by atoms with E-state index in [1.165, 1.54) is 61.5 Å². The molecule has 18 nitrogen and oxygen atoms in total. The van der Waals surface area contributed by atoms with Gasteiger partial charge in [-0.2, -0.15) is 0 Å². The number of nitrogens with zero attached hydrogens (tertiary/aromatic N) is 3. The summed E-state index contributed by atoms with van der Waals surface area (Å²) in [5, 5.41) is 63.5. The van der Waals surface area contributed by atoms with Crippen LogP contribution in [0.5, 0.6) is 11.5 Å². The van der Waals surface area contributed by atoms with E-state index in [2.05, 4.69) is 10.6 Å². The molecule has 0 amide bonds. The van der Waals surface area contributed by atoms with E-state index in [-0.39, 0.29) is 29.4 Å². The standard InChI is InChI=1S/C10H14N2O5.C9H12N2O4.C6H7N3O2/c1-11-9-4-8(17-6-7(14)5-13)2-3-10(9)12(15)16;1-6(12)15-7-3-4-9(11(13)14)8(5-7)10-2;7-4-1-2-5(8)6(3-4)9(10)11/h2-4,7,11,13-14H,5-6H2,1H3;3-6,10,12H,1-2H3;1-3H,7-8H2. The van der Waals surface area contributed by atoms with Gasteiger partial charge in [-0.25, -0.2) is 0 Å². The summed E-state index contributed by atoms with van der Waals surface area (Å²) in [7, 11) is 3.14. The van der Waals surface area contributed by atoms with E-state index in [0.29, 0.717) is 28.6 Å². The topological polar surface area (TPSA) is 285 Å². The van der Waals surface area contributed by atoms with Crippen molar-refractivity contribution in [3.8, 4) is 11.5 Å². The Labute approximate surface area is 244 Å². The van der Waals surface area contributed by atoms with Crippen molar-refractivity contribution in [2.24, 2.45) is 0 Å². The number of aliphatic hydroxyl groups excluding tert-OH is 3. The van der Waals surface area contributed by atoms with Gasteiger partial charge in [-0.05, 0) is 31.2 Å². The van der Waals surface area contributed by atoms with E-state index < -0.39 is 33.8 Å². The molecule has 0 aliphatic rings. The van der Waals surface area contributed by atoms with Gasteiger partial charge in [0, 0.05) is 50.1 Å². The zero-order valence-corrected chi connectivity index (χ0v) is 23.4. The summed E-state index contributed by atoms with van der Waals surface area (Å²) >= 11 is 0. The SMILES string of the molecule is CNc1cc(OC(C)O)ccc1[N+](=O)[O-].CNc1cc(OCC(O)CO)ccc1[N+](=O)[O-].Nc1ccc(N)c([N+](=O)[O-])c1. The lowest BCUT2D eigenvalue weighted by molar-refractivity contribution is -0.384. The summed E-state index contributed by atoms with van der Waals surface area (Å²) in [5.41, 5.74) is 11.5. The number of rotatable bonds is 11. The molecule has 0 radical (unpaired) electrons. The first-order chi connectivity index (χ1) is 20.2. The van der Waals surface area contributed by atoms with Gasteiger partial charge in [0.2, 0.25) is 0 Å². The lowest BCUT2D eigenvalue weighted by atomic mass is 10.2. The van der Waals surface area contributed by atoms with Crippen molar-refractivity contribution in [2.45, 2.75) is 19.3 Å². The molecule has 2 atom stereocenters. The quantitative estimate of drug-likeness (QED) is 0.0713. The summed E-state index contributed by atoms with van der Waals surface area (Å²) in [6, 6.07) is 12.6. The molecule has 234 valence electrons. The summed E-state index contributed by atoms with van der Waals surface area (Å²) in [5.74, 6) is 0.757. The number of hydrogen-bond donors (Lipinski definition) is 7. The fourth-order valence-electron chi connectivity index (χ4n) is 3.07. The highest BCUT2D eigenvalue weighted by Gasteiger charge is 2.15. The van der Waals surface area contributed by atoms with E-state index in [1.807, 2.05) is 0 Å². The van der Waals surface area contributed by atoms with Crippen LogP contribution in [0.3, 0.4) is 0 Å². The molecule has 18 heteroatoms. The number of nitro benzene ring substituents is 3. The van der Waals surface area contributed by atoms with Crippen LogP contribution in [0.4, 0.5) is 39.8 Å². The minimum Gasteiger partial charge on any atom is -0.491 e. The third kappa shape index (κ3) is 11.9. The second kappa shape index (κ2) is 17.4. The van der Waals surface area contributed by atoms with Crippen LogP contribution in [0, 0.1) is 30.3 Å². The first-order valence-corrected chi connectivity index (χ1v) is 12.2. The monoisotopic (exact) mass is 607 g/mol. The third-order valence-electron chi connectivity index (χ3n) is 5.08. The number of ether oxygens (including phenoxy) is 2. The Hall–Kier alpha value is -5.46. The number of anilines is 4. The number of aliphatic hydroxyl groups is 3.